The first kappa shape index (κ1) is 17.4. The van der Waals surface area contributed by atoms with E-state index in [1.165, 1.54) is 0 Å². The maximum atomic E-state index is 10.4. The number of ether oxygens (including phenoxy) is 1. The number of nitrogen functional groups attached to an aromatic ring is 2. The second-order valence-electron chi connectivity index (χ2n) is 5.18. The molecular weight excluding hydrogens is 240 g/mol. The summed E-state index contributed by atoms with van der Waals surface area (Å²) < 4.78 is 5.30. The fourth-order valence-electron chi connectivity index (χ4n) is 1.17. The zero-order chi connectivity index (χ0) is 14.7. The molecule has 0 saturated carbocycles. The quantitative estimate of drug-likeness (QED) is 0.471. The van der Waals surface area contributed by atoms with E-state index in [-0.39, 0.29) is 5.41 Å². The maximum Gasteiger partial charge on any atom is 0.127 e. The van der Waals surface area contributed by atoms with E-state index in [2.05, 4.69) is 6.92 Å². The first-order valence-corrected chi connectivity index (χ1v) is 6.56. The number of nitrogens with two attached hydrogens (primary N) is 2. The minimum atomic E-state index is -0.312. The summed E-state index contributed by atoms with van der Waals surface area (Å²) in [6.07, 6.45) is 3.16. The van der Waals surface area contributed by atoms with E-state index in [1.54, 1.807) is 18.2 Å². The normalized spacial score (nSPS) is 10.5. The van der Waals surface area contributed by atoms with Crippen molar-refractivity contribution >= 4 is 17.7 Å². The van der Waals surface area contributed by atoms with Crippen LogP contribution in [0.4, 0.5) is 11.4 Å². The van der Waals surface area contributed by atoms with E-state index in [0.29, 0.717) is 18.0 Å². The number of anilines is 2. The van der Waals surface area contributed by atoms with Gasteiger partial charge in [0.2, 0.25) is 0 Å². The molecule has 0 atom stereocenters. The first-order chi connectivity index (χ1) is 8.91. The minimum Gasteiger partial charge on any atom is -0.399 e. The zero-order valence-corrected chi connectivity index (χ0v) is 12.2. The van der Waals surface area contributed by atoms with E-state index >= 15 is 0 Å². The molecule has 108 valence electrons. The van der Waals surface area contributed by atoms with Crippen molar-refractivity contribution in [1.29, 1.82) is 0 Å². The van der Waals surface area contributed by atoms with Crippen LogP contribution in [0.15, 0.2) is 24.3 Å². The maximum absolute atomic E-state index is 10.4. The highest BCUT2D eigenvalue weighted by molar-refractivity contribution is 5.57. The highest BCUT2D eigenvalue weighted by atomic mass is 16.5. The summed E-state index contributed by atoms with van der Waals surface area (Å²) in [6, 6.07) is 7.15. The number of carbonyl (C=O) groups is 1. The predicted octanol–water partition coefficient (Wildman–Crippen LogP) is 2.88. The second-order valence-corrected chi connectivity index (χ2v) is 5.18. The molecule has 0 saturated heterocycles. The van der Waals surface area contributed by atoms with Gasteiger partial charge in [-0.2, -0.15) is 0 Å². The number of hydrogen-bond acceptors (Lipinski definition) is 4. The molecule has 1 aromatic rings. The standard InChI is InChI=1S/C9H18O2.C6H8N2/c1-4-5-6-11-8-9(2,3)7-10;7-5-2-1-3-6(8)4-5/h7H,4-6,8H2,1-3H3;1-4H,7-8H2. The Morgan fingerprint density at radius 2 is 1.84 bits per heavy atom. The van der Waals surface area contributed by atoms with Gasteiger partial charge in [-0.3, -0.25) is 0 Å². The van der Waals surface area contributed by atoms with Gasteiger partial charge in [-0.1, -0.05) is 33.3 Å². The molecule has 0 amide bonds. The lowest BCUT2D eigenvalue weighted by Crippen LogP contribution is -2.20. The van der Waals surface area contributed by atoms with Gasteiger partial charge in [0.15, 0.2) is 0 Å². The van der Waals surface area contributed by atoms with Crippen molar-refractivity contribution in [3.8, 4) is 0 Å². The van der Waals surface area contributed by atoms with Crippen LogP contribution in [0, 0.1) is 5.41 Å². The van der Waals surface area contributed by atoms with Gasteiger partial charge in [-0.15, -0.1) is 0 Å². The Labute approximate surface area is 116 Å². The van der Waals surface area contributed by atoms with Crippen LogP contribution in [0.3, 0.4) is 0 Å². The number of unbranched alkanes of at least 4 members (excludes halogenated alkanes) is 1. The summed E-state index contributed by atoms with van der Waals surface area (Å²) in [7, 11) is 0. The molecule has 0 radical (unpaired) electrons. The molecule has 0 heterocycles. The Kier molecular flexibility index (Phi) is 8.62. The smallest absolute Gasteiger partial charge is 0.127 e. The van der Waals surface area contributed by atoms with Crippen LogP contribution in [0.2, 0.25) is 0 Å². The molecule has 0 fully saturated rings. The molecule has 1 rings (SSSR count). The van der Waals surface area contributed by atoms with Crippen molar-refractivity contribution in [3.05, 3.63) is 24.3 Å². The first-order valence-electron chi connectivity index (χ1n) is 6.56. The van der Waals surface area contributed by atoms with Gasteiger partial charge in [0.05, 0.1) is 6.61 Å². The SMILES string of the molecule is CCCCOCC(C)(C)C=O.Nc1cccc(N)c1. The fraction of sp³-hybridized carbons (Fsp3) is 0.533. The van der Waals surface area contributed by atoms with Gasteiger partial charge in [0.25, 0.3) is 0 Å². The van der Waals surface area contributed by atoms with Crippen molar-refractivity contribution in [2.24, 2.45) is 5.41 Å². The molecule has 0 bridgehead atoms. The lowest BCUT2D eigenvalue weighted by molar-refractivity contribution is -0.117. The van der Waals surface area contributed by atoms with Crippen molar-refractivity contribution in [3.63, 3.8) is 0 Å². The highest BCUT2D eigenvalue weighted by Gasteiger charge is 2.15. The number of benzene rings is 1. The summed E-state index contributed by atoms with van der Waals surface area (Å²) in [5.74, 6) is 0. The molecule has 0 aliphatic heterocycles. The molecular formula is C15H26N2O2. The average Bonchev–Trinajstić information content (AvgIpc) is 2.35. The van der Waals surface area contributed by atoms with Gasteiger partial charge in [0, 0.05) is 23.4 Å². The zero-order valence-electron chi connectivity index (χ0n) is 12.2. The molecule has 4 heteroatoms. The lowest BCUT2D eigenvalue weighted by Gasteiger charge is -2.16. The Bertz CT molecular complexity index is 348. The van der Waals surface area contributed by atoms with Gasteiger partial charge in [0.1, 0.15) is 6.29 Å². The van der Waals surface area contributed by atoms with E-state index in [0.717, 1.165) is 25.7 Å². The fourth-order valence-corrected chi connectivity index (χ4v) is 1.17. The van der Waals surface area contributed by atoms with Crippen molar-refractivity contribution in [1.82, 2.24) is 0 Å². The average molecular weight is 266 g/mol. The molecule has 0 spiro atoms. The van der Waals surface area contributed by atoms with Crippen molar-refractivity contribution in [2.45, 2.75) is 33.6 Å². The molecule has 0 aliphatic rings. The number of carbonyl (C=O) groups excluding carboxylic acids is 1. The summed E-state index contributed by atoms with van der Waals surface area (Å²) in [6.45, 7) is 7.19. The molecule has 0 unspecified atom stereocenters. The van der Waals surface area contributed by atoms with Crippen LogP contribution in [0.1, 0.15) is 33.6 Å². The van der Waals surface area contributed by atoms with Crippen LogP contribution in [0.25, 0.3) is 0 Å². The Morgan fingerprint density at radius 3 is 2.21 bits per heavy atom. The summed E-state index contributed by atoms with van der Waals surface area (Å²) in [5, 5.41) is 0. The largest absolute Gasteiger partial charge is 0.399 e. The summed E-state index contributed by atoms with van der Waals surface area (Å²) in [5.41, 5.74) is 11.9. The monoisotopic (exact) mass is 266 g/mol. The van der Waals surface area contributed by atoms with E-state index in [1.807, 2.05) is 19.9 Å². The van der Waals surface area contributed by atoms with Gasteiger partial charge in [-0.25, -0.2) is 0 Å². The predicted molar refractivity (Wildman–Crippen MR) is 80.8 cm³/mol. The Hall–Kier alpha value is -1.55. The highest BCUT2D eigenvalue weighted by Crippen LogP contribution is 2.10. The third-order valence-corrected chi connectivity index (χ3v) is 2.35. The van der Waals surface area contributed by atoms with Gasteiger partial charge < -0.3 is 21.0 Å². The van der Waals surface area contributed by atoms with E-state index in [4.69, 9.17) is 16.2 Å². The van der Waals surface area contributed by atoms with Crippen molar-refractivity contribution in [2.75, 3.05) is 24.7 Å². The third-order valence-electron chi connectivity index (χ3n) is 2.35. The van der Waals surface area contributed by atoms with Crippen LogP contribution in [-0.4, -0.2) is 19.5 Å². The van der Waals surface area contributed by atoms with Crippen LogP contribution < -0.4 is 11.5 Å². The van der Waals surface area contributed by atoms with Crippen LogP contribution >= 0.6 is 0 Å². The van der Waals surface area contributed by atoms with Crippen LogP contribution in [-0.2, 0) is 9.53 Å². The second kappa shape index (κ2) is 9.39. The Morgan fingerprint density at radius 1 is 1.26 bits per heavy atom. The molecule has 0 aromatic heterocycles. The van der Waals surface area contributed by atoms with E-state index < -0.39 is 0 Å². The van der Waals surface area contributed by atoms with Gasteiger partial charge in [-0.05, 0) is 24.6 Å². The van der Waals surface area contributed by atoms with Crippen molar-refractivity contribution < 1.29 is 9.53 Å². The van der Waals surface area contributed by atoms with Gasteiger partial charge >= 0.3 is 0 Å². The number of rotatable bonds is 6. The molecule has 1 aromatic carbocycles. The van der Waals surface area contributed by atoms with Crippen LogP contribution in [0.5, 0.6) is 0 Å². The number of aldehydes is 1. The topological polar surface area (TPSA) is 78.3 Å². The summed E-state index contributed by atoms with van der Waals surface area (Å²) in [4.78, 5) is 10.4. The third kappa shape index (κ3) is 10.1. The minimum absolute atomic E-state index is 0.312. The molecule has 4 N–H and O–H groups in total. The number of hydrogen-bond donors (Lipinski definition) is 2. The lowest BCUT2D eigenvalue weighted by atomic mass is 9.98. The Balaban J connectivity index is 0.000000356. The molecule has 19 heavy (non-hydrogen) atoms. The summed E-state index contributed by atoms with van der Waals surface area (Å²) >= 11 is 0. The van der Waals surface area contributed by atoms with E-state index in [9.17, 15) is 4.79 Å². The molecule has 0 aliphatic carbocycles. The molecule has 4 nitrogen and oxygen atoms in total.